The highest BCUT2D eigenvalue weighted by molar-refractivity contribution is 5.97. The number of likely N-dealkylation sites (N-methyl/N-ethyl adjacent to an activating group) is 2. The van der Waals surface area contributed by atoms with E-state index in [9.17, 15) is 9.59 Å². The van der Waals surface area contributed by atoms with Crippen LogP contribution in [0.3, 0.4) is 0 Å². The number of ether oxygens (including phenoxy) is 1. The molecule has 1 heterocycles. The summed E-state index contributed by atoms with van der Waals surface area (Å²) < 4.78 is 5.37. The molecule has 5 heteroatoms. The Bertz CT molecular complexity index is 524. The Morgan fingerprint density at radius 1 is 1.35 bits per heavy atom. The van der Waals surface area contributed by atoms with E-state index in [2.05, 4.69) is 0 Å². The number of rotatable bonds is 4. The fourth-order valence-corrected chi connectivity index (χ4v) is 2.29. The second kappa shape index (κ2) is 5.94. The lowest BCUT2D eigenvalue weighted by Gasteiger charge is -2.26. The topological polar surface area (TPSA) is 49.9 Å². The van der Waals surface area contributed by atoms with E-state index in [4.69, 9.17) is 4.74 Å². The Balaban J connectivity index is 2.19. The van der Waals surface area contributed by atoms with Crippen molar-refractivity contribution in [3.8, 4) is 5.75 Å². The molecule has 20 heavy (non-hydrogen) atoms. The van der Waals surface area contributed by atoms with Gasteiger partial charge in [0, 0.05) is 20.1 Å². The first kappa shape index (κ1) is 14.4. The summed E-state index contributed by atoms with van der Waals surface area (Å²) in [5.74, 6) is 0.705. The summed E-state index contributed by atoms with van der Waals surface area (Å²) in [6, 6.07) is 5.56. The lowest BCUT2D eigenvalue weighted by Crippen LogP contribution is -2.35. The van der Waals surface area contributed by atoms with Crippen molar-refractivity contribution in [3.63, 3.8) is 0 Å². The van der Waals surface area contributed by atoms with Crippen LogP contribution >= 0.6 is 0 Å². The smallest absolute Gasteiger partial charge is 0.264 e. The van der Waals surface area contributed by atoms with Crippen molar-refractivity contribution in [1.29, 1.82) is 0 Å². The minimum absolute atomic E-state index is 0.0707. The van der Waals surface area contributed by atoms with Crippen LogP contribution in [0, 0.1) is 0 Å². The SMILES string of the molecule is CCN(CC)C(=O)Cc1ccc2c(c1)N(C)C(=O)CO2. The van der Waals surface area contributed by atoms with Gasteiger partial charge in [0.25, 0.3) is 5.91 Å². The average molecular weight is 276 g/mol. The van der Waals surface area contributed by atoms with E-state index in [0.717, 1.165) is 11.3 Å². The summed E-state index contributed by atoms with van der Waals surface area (Å²) in [7, 11) is 1.72. The summed E-state index contributed by atoms with van der Waals surface area (Å²) in [4.78, 5) is 27.1. The molecule has 108 valence electrons. The summed E-state index contributed by atoms with van der Waals surface area (Å²) >= 11 is 0. The number of carbonyl (C=O) groups excluding carboxylic acids is 2. The Hall–Kier alpha value is -2.04. The zero-order chi connectivity index (χ0) is 14.7. The van der Waals surface area contributed by atoms with Crippen LogP contribution in [0.1, 0.15) is 19.4 Å². The highest BCUT2D eigenvalue weighted by atomic mass is 16.5. The number of nitrogens with zero attached hydrogens (tertiary/aromatic N) is 2. The molecule has 1 aliphatic heterocycles. The first-order valence-corrected chi connectivity index (χ1v) is 6.86. The first-order chi connectivity index (χ1) is 9.56. The summed E-state index contributed by atoms with van der Waals surface area (Å²) in [6.07, 6.45) is 0.344. The van der Waals surface area contributed by atoms with Gasteiger partial charge in [-0.3, -0.25) is 9.59 Å². The van der Waals surface area contributed by atoms with Crippen LogP contribution in [0.25, 0.3) is 0 Å². The molecule has 1 aromatic carbocycles. The highest BCUT2D eigenvalue weighted by Gasteiger charge is 2.22. The standard InChI is InChI=1S/C15H20N2O3/c1-4-17(5-2)14(18)9-11-6-7-13-12(8-11)16(3)15(19)10-20-13/h6-8H,4-5,9-10H2,1-3H3. The Morgan fingerprint density at radius 2 is 2.05 bits per heavy atom. The molecule has 1 aliphatic rings. The number of amides is 2. The molecule has 0 radical (unpaired) electrons. The van der Waals surface area contributed by atoms with Gasteiger partial charge in [0.2, 0.25) is 5.91 Å². The van der Waals surface area contributed by atoms with Crippen molar-refractivity contribution in [1.82, 2.24) is 4.90 Å². The molecule has 0 bridgehead atoms. The molecule has 2 rings (SSSR count). The van der Waals surface area contributed by atoms with Crippen molar-refractivity contribution in [2.75, 3.05) is 31.6 Å². The van der Waals surface area contributed by atoms with Crippen molar-refractivity contribution >= 4 is 17.5 Å². The molecular weight excluding hydrogens is 256 g/mol. The minimum Gasteiger partial charge on any atom is -0.482 e. The van der Waals surface area contributed by atoms with E-state index in [-0.39, 0.29) is 18.4 Å². The van der Waals surface area contributed by atoms with Crippen molar-refractivity contribution in [2.45, 2.75) is 20.3 Å². The molecule has 0 N–H and O–H groups in total. The Labute approximate surface area is 119 Å². The van der Waals surface area contributed by atoms with Gasteiger partial charge in [-0.1, -0.05) is 6.07 Å². The third kappa shape index (κ3) is 2.76. The zero-order valence-electron chi connectivity index (χ0n) is 12.2. The molecule has 0 saturated heterocycles. The monoisotopic (exact) mass is 276 g/mol. The van der Waals surface area contributed by atoms with Gasteiger partial charge in [-0.05, 0) is 31.5 Å². The number of hydrogen-bond donors (Lipinski definition) is 0. The van der Waals surface area contributed by atoms with Crippen LogP contribution < -0.4 is 9.64 Å². The molecule has 0 aromatic heterocycles. The molecule has 0 fully saturated rings. The maximum Gasteiger partial charge on any atom is 0.264 e. The van der Waals surface area contributed by atoms with E-state index in [0.29, 0.717) is 25.3 Å². The number of benzene rings is 1. The van der Waals surface area contributed by atoms with Crippen molar-refractivity contribution in [3.05, 3.63) is 23.8 Å². The van der Waals surface area contributed by atoms with Gasteiger partial charge in [0.05, 0.1) is 12.1 Å². The third-order valence-corrected chi connectivity index (χ3v) is 3.58. The third-order valence-electron chi connectivity index (χ3n) is 3.58. The van der Waals surface area contributed by atoms with Gasteiger partial charge >= 0.3 is 0 Å². The first-order valence-electron chi connectivity index (χ1n) is 6.86. The molecule has 0 aliphatic carbocycles. The second-order valence-corrected chi connectivity index (χ2v) is 4.79. The van der Waals surface area contributed by atoms with Crippen LogP contribution in [0.4, 0.5) is 5.69 Å². The second-order valence-electron chi connectivity index (χ2n) is 4.79. The van der Waals surface area contributed by atoms with Gasteiger partial charge in [0.1, 0.15) is 5.75 Å². The normalized spacial score (nSPS) is 13.8. The van der Waals surface area contributed by atoms with Crippen LogP contribution in [0.5, 0.6) is 5.75 Å². The van der Waals surface area contributed by atoms with E-state index in [1.807, 2.05) is 32.0 Å². The predicted octanol–water partition coefficient (Wildman–Crippen LogP) is 1.45. The van der Waals surface area contributed by atoms with Gasteiger partial charge in [-0.2, -0.15) is 0 Å². The van der Waals surface area contributed by atoms with Crippen LogP contribution in [0.2, 0.25) is 0 Å². The molecule has 0 atom stereocenters. The molecule has 0 unspecified atom stereocenters. The van der Waals surface area contributed by atoms with Gasteiger partial charge in [-0.25, -0.2) is 0 Å². The average Bonchev–Trinajstić information content (AvgIpc) is 2.45. The molecule has 5 nitrogen and oxygen atoms in total. The lowest BCUT2D eigenvalue weighted by atomic mass is 10.1. The Morgan fingerprint density at radius 3 is 2.70 bits per heavy atom. The number of anilines is 1. The lowest BCUT2D eigenvalue weighted by molar-refractivity contribution is -0.130. The maximum absolute atomic E-state index is 12.1. The van der Waals surface area contributed by atoms with Gasteiger partial charge < -0.3 is 14.5 Å². The summed E-state index contributed by atoms with van der Waals surface area (Å²) in [5.41, 5.74) is 1.62. The number of fused-ring (bicyclic) bond motifs is 1. The van der Waals surface area contributed by atoms with Crippen LogP contribution in [-0.2, 0) is 16.0 Å². The predicted molar refractivity (Wildman–Crippen MR) is 77.0 cm³/mol. The Kier molecular flexibility index (Phi) is 4.27. The maximum atomic E-state index is 12.1. The quantitative estimate of drug-likeness (QED) is 0.836. The van der Waals surface area contributed by atoms with Crippen molar-refractivity contribution in [2.24, 2.45) is 0 Å². The fraction of sp³-hybridized carbons (Fsp3) is 0.467. The van der Waals surface area contributed by atoms with Gasteiger partial charge in [0.15, 0.2) is 6.61 Å². The molecule has 0 saturated carbocycles. The van der Waals surface area contributed by atoms with E-state index in [1.165, 1.54) is 0 Å². The zero-order valence-corrected chi connectivity index (χ0v) is 12.2. The molecule has 0 spiro atoms. The molecular formula is C15H20N2O3. The van der Waals surface area contributed by atoms with E-state index >= 15 is 0 Å². The van der Waals surface area contributed by atoms with Gasteiger partial charge in [-0.15, -0.1) is 0 Å². The summed E-state index contributed by atoms with van der Waals surface area (Å²) in [6.45, 7) is 5.42. The number of hydrogen-bond acceptors (Lipinski definition) is 3. The largest absolute Gasteiger partial charge is 0.482 e. The highest BCUT2D eigenvalue weighted by Crippen LogP contribution is 2.32. The fourth-order valence-electron chi connectivity index (χ4n) is 2.29. The molecule has 2 amide bonds. The summed E-state index contributed by atoms with van der Waals surface area (Å²) in [5, 5.41) is 0. The van der Waals surface area contributed by atoms with Crippen LogP contribution in [-0.4, -0.2) is 43.5 Å². The van der Waals surface area contributed by atoms with Crippen LogP contribution in [0.15, 0.2) is 18.2 Å². The molecule has 1 aromatic rings. The van der Waals surface area contributed by atoms with E-state index in [1.54, 1.807) is 16.8 Å². The minimum atomic E-state index is -0.0790. The number of carbonyl (C=O) groups is 2. The van der Waals surface area contributed by atoms with E-state index < -0.39 is 0 Å². The van der Waals surface area contributed by atoms with Crippen molar-refractivity contribution < 1.29 is 14.3 Å².